The van der Waals surface area contributed by atoms with E-state index in [0.717, 1.165) is 5.92 Å². The van der Waals surface area contributed by atoms with Gasteiger partial charge in [0.15, 0.2) is 0 Å². The average molecular weight is 277 g/mol. The summed E-state index contributed by atoms with van der Waals surface area (Å²) in [5, 5.41) is 0. The molecule has 0 saturated heterocycles. The van der Waals surface area contributed by atoms with Gasteiger partial charge >= 0.3 is 0 Å². The van der Waals surface area contributed by atoms with Gasteiger partial charge in [-0.2, -0.15) is 0 Å². The summed E-state index contributed by atoms with van der Waals surface area (Å²) in [4.78, 5) is 1.39. The molecule has 1 fully saturated rings. The Bertz CT molecular complexity index is 391. The molecule has 1 aliphatic rings. The highest BCUT2D eigenvalue weighted by molar-refractivity contribution is 7.99. The van der Waals surface area contributed by atoms with E-state index in [1.165, 1.54) is 41.9 Å². The van der Waals surface area contributed by atoms with E-state index in [-0.39, 0.29) is 5.41 Å². The van der Waals surface area contributed by atoms with Gasteiger partial charge in [0.1, 0.15) is 0 Å². The Morgan fingerprint density at radius 3 is 2.37 bits per heavy atom. The largest absolute Gasteiger partial charge is 0.327 e. The standard InChI is InChI=1S/C17H27NS/c1-17(2,3)14-7-9-15(10-8-14)19-12-11-13-5-4-6-16(13)18/h7-10,13,16H,4-6,11-12,18H2,1-3H3. The van der Waals surface area contributed by atoms with Crippen molar-refractivity contribution in [3.8, 4) is 0 Å². The lowest BCUT2D eigenvalue weighted by molar-refractivity contribution is 0.470. The first-order valence-electron chi connectivity index (χ1n) is 7.46. The van der Waals surface area contributed by atoms with Crippen LogP contribution in [0.3, 0.4) is 0 Å². The predicted molar refractivity (Wildman–Crippen MR) is 85.8 cm³/mol. The SMILES string of the molecule is CC(C)(C)c1ccc(SCCC2CCCC2N)cc1. The first kappa shape index (κ1) is 14.9. The Morgan fingerprint density at radius 1 is 1.16 bits per heavy atom. The van der Waals surface area contributed by atoms with Gasteiger partial charge in [-0.05, 0) is 54.0 Å². The molecule has 1 aliphatic carbocycles. The van der Waals surface area contributed by atoms with Crippen molar-refractivity contribution in [1.82, 2.24) is 0 Å². The zero-order chi connectivity index (χ0) is 13.9. The summed E-state index contributed by atoms with van der Waals surface area (Å²) in [5.41, 5.74) is 7.78. The van der Waals surface area contributed by atoms with Crippen LogP contribution in [0.4, 0.5) is 0 Å². The Balaban J connectivity index is 1.80. The third kappa shape index (κ3) is 4.25. The van der Waals surface area contributed by atoms with E-state index in [0.29, 0.717) is 6.04 Å². The van der Waals surface area contributed by atoms with Crippen molar-refractivity contribution >= 4 is 11.8 Å². The fourth-order valence-corrected chi connectivity index (χ4v) is 3.79. The van der Waals surface area contributed by atoms with Crippen molar-refractivity contribution in [2.45, 2.75) is 62.8 Å². The highest BCUT2D eigenvalue weighted by Gasteiger charge is 2.23. The molecule has 19 heavy (non-hydrogen) atoms. The Kier molecular flexibility index (Phi) is 4.97. The van der Waals surface area contributed by atoms with Crippen LogP contribution in [0.5, 0.6) is 0 Å². The maximum atomic E-state index is 6.12. The van der Waals surface area contributed by atoms with E-state index >= 15 is 0 Å². The van der Waals surface area contributed by atoms with E-state index in [2.05, 4.69) is 45.0 Å². The molecular weight excluding hydrogens is 250 g/mol. The third-order valence-electron chi connectivity index (χ3n) is 4.20. The van der Waals surface area contributed by atoms with Gasteiger partial charge in [0.2, 0.25) is 0 Å². The quantitative estimate of drug-likeness (QED) is 0.814. The second kappa shape index (κ2) is 6.32. The number of hydrogen-bond acceptors (Lipinski definition) is 2. The summed E-state index contributed by atoms with van der Waals surface area (Å²) in [6.07, 6.45) is 5.17. The molecule has 2 atom stereocenters. The van der Waals surface area contributed by atoms with Gasteiger partial charge in [-0.25, -0.2) is 0 Å². The van der Waals surface area contributed by atoms with Crippen molar-refractivity contribution in [3.63, 3.8) is 0 Å². The predicted octanol–water partition coefficient (Wildman–Crippen LogP) is 4.59. The average Bonchev–Trinajstić information content (AvgIpc) is 2.75. The molecule has 2 rings (SSSR count). The molecule has 0 bridgehead atoms. The maximum Gasteiger partial charge on any atom is 0.00721 e. The van der Waals surface area contributed by atoms with Crippen LogP contribution >= 0.6 is 11.8 Å². The monoisotopic (exact) mass is 277 g/mol. The fourth-order valence-electron chi connectivity index (χ4n) is 2.80. The number of benzene rings is 1. The Labute approximate surface area is 122 Å². The van der Waals surface area contributed by atoms with Crippen molar-refractivity contribution in [3.05, 3.63) is 29.8 Å². The van der Waals surface area contributed by atoms with Crippen LogP contribution in [0.15, 0.2) is 29.2 Å². The molecule has 0 aliphatic heterocycles. The molecule has 1 saturated carbocycles. The molecule has 1 aromatic carbocycles. The van der Waals surface area contributed by atoms with Crippen LogP contribution < -0.4 is 5.73 Å². The first-order chi connectivity index (χ1) is 8.97. The smallest absolute Gasteiger partial charge is 0.00721 e. The highest BCUT2D eigenvalue weighted by Crippen LogP contribution is 2.30. The van der Waals surface area contributed by atoms with Crippen LogP contribution in [0, 0.1) is 5.92 Å². The van der Waals surface area contributed by atoms with Crippen molar-refractivity contribution in [2.24, 2.45) is 11.7 Å². The first-order valence-corrected chi connectivity index (χ1v) is 8.44. The van der Waals surface area contributed by atoms with Gasteiger partial charge in [-0.1, -0.05) is 39.3 Å². The van der Waals surface area contributed by atoms with E-state index < -0.39 is 0 Å². The maximum absolute atomic E-state index is 6.12. The summed E-state index contributed by atoms with van der Waals surface area (Å²) in [7, 11) is 0. The van der Waals surface area contributed by atoms with Crippen molar-refractivity contribution < 1.29 is 0 Å². The number of rotatable bonds is 4. The Morgan fingerprint density at radius 2 is 1.84 bits per heavy atom. The number of thioether (sulfide) groups is 1. The van der Waals surface area contributed by atoms with Crippen LogP contribution in [0.2, 0.25) is 0 Å². The van der Waals surface area contributed by atoms with E-state index in [1.54, 1.807) is 0 Å². The lowest BCUT2D eigenvalue weighted by atomic mass is 9.87. The van der Waals surface area contributed by atoms with Gasteiger partial charge < -0.3 is 5.73 Å². The minimum absolute atomic E-state index is 0.250. The molecule has 0 spiro atoms. The lowest BCUT2D eigenvalue weighted by Gasteiger charge is -2.19. The summed E-state index contributed by atoms with van der Waals surface area (Å²) >= 11 is 1.97. The fraction of sp³-hybridized carbons (Fsp3) is 0.647. The van der Waals surface area contributed by atoms with Gasteiger partial charge in [0.25, 0.3) is 0 Å². The van der Waals surface area contributed by atoms with Crippen LogP contribution in [0.1, 0.15) is 52.0 Å². The van der Waals surface area contributed by atoms with E-state index in [4.69, 9.17) is 5.73 Å². The van der Waals surface area contributed by atoms with Crippen molar-refractivity contribution in [2.75, 3.05) is 5.75 Å². The number of hydrogen-bond donors (Lipinski definition) is 1. The van der Waals surface area contributed by atoms with Crippen LogP contribution in [-0.4, -0.2) is 11.8 Å². The molecule has 1 nitrogen and oxygen atoms in total. The topological polar surface area (TPSA) is 26.0 Å². The molecule has 106 valence electrons. The van der Waals surface area contributed by atoms with Gasteiger partial charge in [0.05, 0.1) is 0 Å². The normalized spacial score (nSPS) is 23.8. The molecule has 0 radical (unpaired) electrons. The summed E-state index contributed by atoms with van der Waals surface area (Å²) in [6.45, 7) is 6.78. The minimum atomic E-state index is 0.250. The minimum Gasteiger partial charge on any atom is -0.327 e. The zero-order valence-electron chi connectivity index (χ0n) is 12.5. The molecular formula is C17H27NS. The third-order valence-corrected chi connectivity index (χ3v) is 5.24. The molecule has 2 unspecified atom stereocenters. The van der Waals surface area contributed by atoms with Gasteiger partial charge in [-0.15, -0.1) is 11.8 Å². The summed E-state index contributed by atoms with van der Waals surface area (Å²) in [6, 6.07) is 9.52. The van der Waals surface area contributed by atoms with Crippen LogP contribution in [0.25, 0.3) is 0 Å². The second-order valence-corrected chi connectivity index (χ2v) is 7.93. The summed E-state index contributed by atoms with van der Waals surface area (Å²) < 4.78 is 0. The molecule has 0 amide bonds. The van der Waals surface area contributed by atoms with E-state index in [1.807, 2.05) is 11.8 Å². The van der Waals surface area contributed by atoms with Gasteiger partial charge in [-0.3, -0.25) is 0 Å². The highest BCUT2D eigenvalue weighted by atomic mass is 32.2. The molecule has 2 N–H and O–H groups in total. The summed E-state index contributed by atoms with van der Waals surface area (Å²) in [5.74, 6) is 1.97. The second-order valence-electron chi connectivity index (χ2n) is 6.77. The van der Waals surface area contributed by atoms with Crippen LogP contribution in [-0.2, 0) is 5.41 Å². The number of nitrogens with two attached hydrogens (primary N) is 1. The molecule has 1 aromatic rings. The Hall–Kier alpha value is -0.470. The zero-order valence-corrected chi connectivity index (χ0v) is 13.3. The molecule has 0 aromatic heterocycles. The molecule has 0 heterocycles. The van der Waals surface area contributed by atoms with Gasteiger partial charge in [0, 0.05) is 10.9 Å². The lowest BCUT2D eigenvalue weighted by Crippen LogP contribution is -2.24. The van der Waals surface area contributed by atoms with E-state index in [9.17, 15) is 0 Å². The molecule has 2 heteroatoms. The van der Waals surface area contributed by atoms with Crippen molar-refractivity contribution in [1.29, 1.82) is 0 Å².